The van der Waals surface area contributed by atoms with Crippen molar-refractivity contribution in [2.75, 3.05) is 3.93 Å². The molecule has 72 valence electrons. The SMILES string of the molecule is S=C1N(Br)c2ccccc2CC12CC2. The van der Waals surface area contributed by atoms with Gasteiger partial charge in [-0.2, -0.15) is 0 Å². The lowest BCUT2D eigenvalue weighted by Crippen LogP contribution is -2.34. The van der Waals surface area contributed by atoms with E-state index < -0.39 is 0 Å². The summed E-state index contributed by atoms with van der Waals surface area (Å²) >= 11 is 9.04. The topological polar surface area (TPSA) is 3.24 Å². The van der Waals surface area contributed by atoms with Crippen molar-refractivity contribution < 1.29 is 0 Å². The summed E-state index contributed by atoms with van der Waals surface area (Å²) in [6, 6.07) is 8.47. The van der Waals surface area contributed by atoms with E-state index >= 15 is 0 Å². The van der Waals surface area contributed by atoms with Gasteiger partial charge in [0.05, 0.1) is 26.8 Å². The molecule has 1 saturated carbocycles. The zero-order chi connectivity index (χ0) is 9.76. The van der Waals surface area contributed by atoms with E-state index in [0.29, 0.717) is 5.41 Å². The van der Waals surface area contributed by atoms with Gasteiger partial charge < -0.3 is 0 Å². The van der Waals surface area contributed by atoms with E-state index in [1.807, 2.05) is 3.93 Å². The zero-order valence-corrected chi connectivity index (χ0v) is 10.1. The third-order valence-electron chi connectivity index (χ3n) is 3.22. The summed E-state index contributed by atoms with van der Waals surface area (Å²) < 4.78 is 2.01. The first kappa shape index (κ1) is 8.86. The van der Waals surface area contributed by atoms with Crippen molar-refractivity contribution in [2.24, 2.45) is 5.41 Å². The molecule has 1 fully saturated rings. The number of thiocarbonyl (C=S) groups is 1. The highest BCUT2D eigenvalue weighted by Gasteiger charge is 2.51. The minimum Gasteiger partial charge on any atom is -0.270 e. The second-order valence-corrected chi connectivity index (χ2v) is 5.27. The summed E-state index contributed by atoms with van der Waals surface area (Å²) in [5.41, 5.74) is 2.94. The molecule has 0 atom stereocenters. The highest BCUT2D eigenvalue weighted by molar-refractivity contribution is 9.10. The molecule has 0 unspecified atom stereocenters. The van der Waals surface area contributed by atoms with Crippen molar-refractivity contribution >= 4 is 39.0 Å². The molecule has 1 aromatic carbocycles. The quantitative estimate of drug-likeness (QED) is 0.523. The van der Waals surface area contributed by atoms with Crippen LogP contribution in [0.25, 0.3) is 0 Å². The first-order valence-corrected chi connectivity index (χ1v) is 5.93. The zero-order valence-electron chi connectivity index (χ0n) is 7.66. The molecule has 1 nitrogen and oxygen atoms in total. The Morgan fingerprint density at radius 3 is 2.71 bits per heavy atom. The summed E-state index contributed by atoms with van der Waals surface area (Å²) in [4.78, 5) is 1.07. The number of anilines is 1. The molecule has 3 heteroatoms. The molecule has 0 N–H and O–H groups in total. The van der Waals surface area contributed by atoms with Gasteiger partial charge in [0.15, 0.2) is 0 Å². The minimum atomic E-state index is 0.313. The maximum Gasteiger partial charge on any atom is 0.0994 e. The van der Waals surface area contributed by atoms with Crippen molar-refractivity contribution in [2.45, 2.75) is 19.3 Å². The molecule has 1 heterocycles. The lowest BCUT2D eigenvalue weighted by atomic mass is 9.91. The Hall–Kier alpha value is -0.410. The van der Waals surface area contributed by atoms with Crippen LogP contribution in [-0.2, 0) is 6.42 Å². The van der Waals surface area contributed by atoms with E-state index in [1.54, 1.807) is 0 Å². The Morgan fingerprint density at radius 1 is 1.29 bits per heavy atom. The fourth-order valence-electron chi connectivity index (χ4n) is 2.15. The van der Waals surface area contributed by atoms with Crippen LogP contribution in [0.3, 0.4) is 0 Å². The molecule has 3 rings (SSSR count). The van der Waals surface area contributed by atoms with E-state index in [4.69, 9.17) is 12.2 Å². The molecule has 1 spiro atoms. The summed E-state index contributed by atoms with van der Waals surface area (Å²) in [5.74, 6) is 0. The van der Waals surface area contributed by atoms with Gasteiger partial charge in [-0.25, -0.2) is 0 Å². The van der Waals surface area contributed by atoms with Crippen LogP contribution in [0.4, 0.5) is 5.69 Å². The number of para-hydroxylation sites is 1. The molecular weight excluding hydrogens is 258 g/mol. The van der Waals surface area contributed by atoms with E-state index in [1.165, 1.54) is 24.1 Å². The van der Waals surface area contributed by atoms with Gasteiger partial charge in [0.25, 0.3) is 0 Å². The highest BCUT2D eigenvalue weighted by atomic mass is 79.9. The van der Waals surface area contributed by atoms with Crippen molar-refractivity contribution in [3.05, 3.63) is 29.8 Å². The fourth-order valence-corrected chi connectivity index (χ4v) is 3.25. The number of hydrogen-bond donors (Lipinski definition) is 0. The second kappa shape index (κ2) is 2.80. The summed E-state index contributed by atoms with van der Waals surface area (Å²) in [6.45, 7) is 0. The molecule has 0 radical (unpaired) electrons. The van der Waals surface area contributed by atoms with Gasteiger partial charge in [-0.15, -0.1) is 0 Å². The maximum atomic E-state index is 5.48. The van der Waals surface area contributed by atoms with Gasteiger partial charge in [-0.3, -0.25) is 3.93 Å². The van der Waals surface area contributed by atoms with Crippen LogP contribution in [-0.4, -0.2) is 4.99 Å². The molecule has 14 heavy (non-hydrogen) atoms. The van der Waals surface area contributed by atoms with Crippen molar-refractivity contribution in [1.82, 2.24) is 0 Å². The molecule has 0 saturated heterocycles. The molecular formula is C11H10BrNS. The van der Waals surface area contributed by atoms with Crippen LogP contribution in [0.15, 0.2) is 24.3 Å². The summed E-state index contributed by atoms with van der Waals surface area (Å²) in [7, 11) is 0. The predicted molar refractivity (Wildman–Crippen MR) is 65.8 cm³/mol. The van der Waals surface area contributed by atoms with Crippen LogP contribution in [0, 0.1) is 5.41 Å². The molecule has 0 aromatic heterocycles. The minimum absolute atomic E-state index is 0.313. The van der Waals surface area contributed by atoms with Crippen LogP contribution in [0.1, 0.15) is 18.4 Å². The Bertz CT molecular complexity index is 412. The Balaban J connectivity index is 2.13. The van der Waals surface area contributed by atoms with E-state index in [9.17, 15) is 0 Å². The Labute approximate surface area is 97.4 Å². The number of nitrogens with zero attached hydrogens (tertiary/aromatic N) is 1. The van der Waals surface area contributed by atoms with Gasteiger partial charge in [0.1, 0.15) is 0 Å². The predicted octanol–water partition coefficient (Wildman–Crippen LogP) is 3.47. The number of hydrogen-bond acceptors (Lipinski definition) is 1. The number of rotatable bonds is 0. The lowest BCUT2D eigenvalue weighted by Gasteiger charge is -2.32. The van der Waals surface area contributed by atoms with Gasteiger partial charge in [0, 0.05) is 5.41 Å². The molecule has 2 aliphatic rings. The molecule has 1 aromatic rings. The van der Waals surface area contributed by atoms with Gasteiger partial charge >= 0.3 is 0 Å². The average Bonchev–Trinajstić information content (AvgIpc) is 2.96. The van der Waals surface area contributed by atoms with Crippen molar-refractivity contribution in [3.8, 4) is 0 Å². The van der Waals surface area contributed by atoms with Gasteiger partial charge in [-0.05, 0) is 30.9 Å². The first-order valence-electron chi connectivity index (χ1n) is 4.81. The van der Waals surface area contributed by atoms with E-state index in [2.05, 4.69) is 40.4 Å². The number of fused-ring (bicyclic) bond motifs is 1. The smallest absolute Gasteiger partial charge is 0.0994 e. The lowest BCUT2D eigenvalue weighted by molar-refractivity contribution is 0.687. The largest absolute Gasteiger partial charge is 0.270 e. The van der Waals surface area contributed by atoms with Crippen LogP contribution in [0.5, 0.6) is 0 Å². The molecule has 0 bridgehead atoms. The Kier molecular flexibility index (Phi) is 1.77. The maximum absolute atomic E-state index is 5.48. The van der Waals surface area contributed by atoms with Crippen LogP contribution >= 0.6 is 28.4 Å². The fraction of sp³-hybridized carbons (Fsp3) is 0.364. The highest BCUT2D eigenvalue weighted by Crippen LogP contribution is 2.55. The van der Waals surface area contributed by atoms with Crippen molar-refractivity contribution in [1.29, 1.82) is 0 Å². The number of benzene rings is 1. The number of halogens is 1. The van der Waals surface area contributed by atoms with Crippen molar-refractivity contribution in [3.63, 3.8) is 0 Å². The Morgan fingerprint density at radius 2 is 2.00 bits per heavy atom. The average molecular weight is 268 g/mol. The monoisotopic (exact) mass is 267 g/mol. The second-order valence-electron chi connectivity index (χ2n) is 4.17. The molecule has 0 amide bonds. The van der Waals surface area contributed by atoms with E-state index in [0.717, 1.165) is 11.4 Å². The van der Waals surface area contributed by atoms with E-state index in [-0.39, 0.29) is 0 Å². The third kappa shape index (κ3) is 1.09. The normalized spacial score (nSPS) is 22.4. The van der Waals surface area contributed by atoms with Crippen LogP contribution in [0.2, 0.25) is 0 Å². The standard InChI is InChI=1S/C11H10BrNS/c12-13-9-4-2-1-3-8(9)7-11(5-6-11)10(13)14/h1-4H,5-7H2. The van der Waals surface area contributed by atoms with Gasteiger partial charge in [-0.1, -0.05) is 30.4 Å². The summed E-state index contributed by atoms with van der Waals surface area (Å²) in [5, 5.41) is 0. The molecule has 1 aliphatic heterocycles. The van der Waals surface area contributed by atoms with Crippen LogP contribution < -0.4 is 3.93 Å². The first-order chi connectivity index (χ1) is 6.73. The molecule has 1 aliphatic carbocycles. The van der Waals surface area contributed by atoms with Gasteiger partial charge in [0.2, 0.25) is 0 Å². The third-order valence-corrected chi connectivity index (χ3v) is 4.80. The summed E-state index contributed by atoms with van der Waals surface area (Å²) in [6.07, 6.45) is 3.63.